The second kappa shape index (κ2) is 5.70. The quantitative estimate of drug-likeness (QED) is 0.800. The van der Waals surface area contributed by atoms with Crippen molar-refractivity contribution in [2.45, 2.75) is 25.1 Å². The molecule has 0 amide bonds. The molecule has 1 heterocycles. The third kappa shape index (κ3) is 3.49. The molecule has 1 unspecified atom stereocenters. The summed E-state index contributed by atoms with van der Waals surface area (Å²) in [5.41, 5.74) is -3.21. The molecule has 1 atom stereocenters. The maximum absolute atomic E-state index is 13.1. The van der Waals surface area contributed by atoms with Crippen LogP contribution in [0.1, 0.15) is 19.2 Å². The van der Waals surface area contributed by atoms with Crippen LogP contribution < -0.4 is 4.72 Å². The smallest absolute Gasteiger partial charge is 0.374 e. The van der Waals surface area contributed by atoms with E-state index in [4.69, 9.17) is 0 Å². The number of imidazole rings is 1. The van der Waals surface area contributed by atoms with E-state index in [-0.39, 0.29) is 5.75 Å². The number of aliphatic hydroxyl groups is 1. The fourth-order valence-corrected chi connectivity index (χ4v) is 2.25. The highest BCUT2D eigenvalue weighted by Crippen LogP contribution is 2.40. The van der Waals surface area contributed by atoms with E-state index in [0.29, 0.717) is 0 Å². The van der Waals surface area contributed by atoms with E-state index in [2.05, 4.69) is 4.98 Å². The average molecular weight is 315 g/mol. The Bertz CT molecular complexity index is 556. The molecule has 0 aliphatic heterocycles. The Morgan fingerprint density at radius 1 is 1.45 bits per heavy atom. The minimum absolute atomic E-state index is 0.250. The monoisotopic (exact) mass is 315 g/mol. The van der Waals surface area contributed by atoms with Gasteiger partial charge >= 0.3 is 6.18 Å². The van der Waals surface area contributed by atoms with Gasteiger partial charge in [-0.1, -0.05) is 0 Å². The summed E-state index contributed by atoms with van der Waals surface area (Å²) < 4.78 is 64.6. The van der Waals surface area contributed by atoms with E-state index in [9.17, 15) is 26.7 Å². The van der Waals surface area contributed by atoms with Gasteiger partial charge in [-0.2, -0.15) is 13.2 Å². The predicted molar refractivity (Wildman–Crippen MR) is 65.2 cm³/mol. The first-order valence-electron chi connectivity index (χ1n) is 5.78. The molecular weight excluding hydrogens is 299 g/mol. The number of hydrogen-bond donors (Lipinski definition) is 2. The van der Waals surface area contributed by atoms with Crippen molar-refractivity contribution in [2.75, 3.05) is 12.3 Å². The van der Waals surface area contributed by atoms with Crippen LogP contribution in [0.5, 0.6) is 0 Å². The third-order valence-corrected chi connectivity index (χ3v) is 4.25. The lowest BCUT2D eigenvalue weighted by Crippen LogP contribution is -2.46. The largest absolute Gasteiger partial charge is 0.424 e. The van der Waals surface area contributed by atoms with Crippen LogP contribution >= 0.6 is 0 Å². The minimum Gasteiger partial charge on any atom is -0.374 e. The van der Waals surface area contributed by atoms with Crippen LogP contribution in [0, 0.1) is 0 Å². The average Bonchev–Trinajstić information content (AvgIpc) is 2.74. The van der Waals surface area contributed by atoms with E-state index in [1.165, 1.54) is 20.2 Å². The number of rotatable bonds is 6. The summed E-state index contributed by atoms with van der Waals surface area (Å²) in [7, 11) is -2.31. The molecule has 1 aromatic heterocycles. The number of nitrogens with one attached hydrogen (secondary N) is 1. The van der Waals surface area contributed by atoms with Gasteiger partial charge in [0, 0.05) is 32.4 Å². The SMILES string of the molecule is CCS(=O)(=O)NCCC(O)(c1nccn1C)C(F)(F)F. The topological polar surface area (TPSA) is 84.2 Å². The molecule has 116 valence electrons. The van der Waals surface area contributed by atoms with Crippen molar-refractivity contribution >= 4 is 10.0 Å². The maximum Gasteiger partial charge on any atom is 0.424 e. The van der Waals surface area contributed by atoms with Crippen LogP contribution in [0.15, 0.2) is 12.4 Å². The van der Waals surface area contributed by atoms with Gasteiger partial charge < -0.3 is 9.67 Å². The second-order valence-electron chi connectivity index (χ2n) is 4.27. The van der Waals surface area contributed by atoms with Crippen LogP contribution in [0.2, 0.25) is 0 Å². The Kier molecular flexibility index (Phi) is 4.82. The zero-order valence-electron chi connectivity index (χ0n) is 11.0. The minimum atomic E-state index is -4.97. The predicted octanol–water partition coefficient (Wildman–Crippen LogP) is 0.499. The number of sulfonamides is 1. The van der Waals surface area contributed by atoms with Crippen molar-refractivity contribution < 1.29 is 26.7 Å². The normalized spacial score (nSPS) is 16.1. The van der Waals surface area contributed by atoms with Gasteiger partial charge in [0.15, 0.2) is 0 Å². The van der Waals surface area contributed by atoms with E-state index in [1.54, 1.807) is 0 Å². The van der Waals surface area contributed by atoms with Gasteiger partial charge in [-0.05, 0) is 6.92 Å². The highest BCUT2D eigenvalue weighted by Gasteiger charge is 2.57. The highest BCUT2D eigenvalue weighted by molar-refractivity contribution is 7.89. The van der Waals surface area contributed by atoms with Gasteiger partial charge in [-0.3, -0.25) is 0 Å². The number of hydrogen-bond acceptors (Lipinski definition) is 4. The van der Waals surface area contributed by atoms with Crippen molar-refractivity contribution in [1.29, 1.82) is 0 Å². The number of aromatic nitrogens is 2. The molecule has 0 bridgehead atoms. The third-order valence-electron chi connectivity index (χ3n) is 2.85. The molecule has 0 aromatic carbocycles. The van der Waals surface area contributed by atoms with Gasteiger partial charge in [-0.15, -0.1) is 0 Å². The summed E-state index contributed by atoms with van der Waals surface area (Å²) in [6.07, 6.45) is -3.44. The summed E-state index contributed by atoms with van der Waals surface area (Å²) >= 11 is 0. The van der Waals surface area contributed by atoms with E-state index in [1.807, 2.05) is 4.72 Å². The Labute approximate surface area is 114 Å². The Morgan fingerprint density at radius 2 is 2.05 bits per heavy atom. The molecule has 0 radical (unpaired) electrons. The molecule has 6 nitrogen and oxygen atoms in total. The maximum atomic E-state index is 13.1. The van der Waals surface area contributed by atoms with Crippen molar-refractivity contribution in [2.24, 2.45) is 7.05 Å². The summed E-state index contributed by atoms with van der Waals surface area (Å²) in [6.45, 7) is 0.816. The fraction of sp³-hybridized carbons (Fsp3) is 0.700. The molecule has 1 aromatic rings. The van der Waals surface area contributed by atoms with Crippen molar-refractivity contribution in [3.05, 3.63) is 18.2 Å². The Balaban J connectivity index is 2.96. The Morgan fingerprint density at radius 3 is 2.45 bits per heavy atom. The lowest BCUT2D eigenvalue weighted by molar-refractivity contribution is -0.272. The van der Waals surface area contributed by atoms with Crippen molar-refractivity contribution in [3.8, 4) is 0 Å². The van der Waals surface area contributed by atoms with Crippen LogP contribution in [0.25, 0.3) is 0 Å². The number of halogens is 3. The van der Waals surface area contributed by atoms with Gasteiger partial charge in [0.2, 0.25) is 15.6 Å². The molecule has 0 spiro atoms. The Hall–Kier alpha value is -1.13. The first-order valence-corrected chi connectivity index (χ1v) is 7.43. The van der Waals surface area contributed by atoms with Gasteiger partial charge in [-0.25, -0.2) is 18.1 Å². The van der Waals surface area contributed by atoms with E-state index >= 15 is 0 Å². The molecule has 20 heavy (non-hydrogen) atoms. The van der Waals surface area contributed by atoms with Crippen LogP contribution in [-0.2, 0) is 22.7 Å². The molecule has 0 saturated heterocycles. The van der Waals surface area contributed by atoms with E-state index < -0.39 is 40.6 Å². The highest BCUT2D eigenvalue weighted by atomic mass is 32.2. The molecule has 1 rings (SSSR count). The second-order valence-corrected chi connectivity index (χ2v) is 6.36. The molecule has 0 saturated carbocycles. The van der Waals surface area contributed by atoms with Crippen molar-refractivity contribution in [3.63, 3.8) is 0 Å². The number of nitrogens with zero attached hydrogens (tertiary/aromatic N) is 2. The van der Waals surface area contributed by atoms with Gasteiger partial charge in [0.05, 0.1) is 5.75 Å². The first kappa shape index (κ1) is 16.9. The molecular formula is C10H16F3N3O3S. The zero-order chi connectivity index (χ0) is 15.6. The molecule has 0 aliphatic carbocycles. The first-order chi connectivity index (χ1) is 9.03. The zero-order valence-corrected chi connectivity index (χ0v) is 11.8. The van der Waals surface area contributed by atoms with Gasteiger partial charge in [0.25, 0.3) is 0 Å². The molecule has 10 heteroatoms. The summed E-state index contributed by atoms with van der Waals surface area (Å²) in [4.78, 5) is 3.51. The fourth-order valence-electron chi connectivity index (χ4n) is 1.63. The van der Waals surface area contributed by atoms with Gasteiger partial charge in [0.1, 0.15) is 5.82 Å². The van der Waals surface area contributed by atoms with E-state index in [0.717, 1.165) is 10.8 Å². The summed E-state index contributed by atoms with van der Waals surface area (Å²) in [5.74, 6) is -0.833. The molecule has 2 N–H and O–H groups in total. The molecule has 0 fully saturated rings. The standard InChI is InChI=1S/C10H16F3N3O3S/c1-3-20(18,19)15-5-4-9(17,10(11,12)13)8-14-6-7-16(8)2/h6-7,15,17H,3-5H2,1-2H3. The summed E-state index contributed by atoms with van der Waals surface area (Å²) in [6, 6.07) is 0. The lowest BCUT2D eigenvalue weighted by Gasteiger charge is -2.29. The number of alkyl halides is 3. The summed E-state index contributed by atoms with van der Waals surface area (Å²) in [5, 5.41) is 9.92. The molecule has 0 aliphatic rings. The number of aryl methyl sites for hydroxylation is 1. The van der Waals surface area contributed by atoms with Crippen LogP contribution in [0.3, 0.4) is 0 Å². The van der Waals surface area contributed by atoms with Crippen molar-refractivity contribution in [1.82, 2.24) is 14.3 Å². The van der Waals surface area contributed by atoms with Crippen LogP contribution in [-0.4, -0.2) is 41.5 Å². The van der Waals surface area contributed by atoms with Crippen LogP contribution in [0.4, 0.5) is 13.2 Å². The lowest BCUT2D eigenvalue weighted by atomic mass is 9.98.